The third-order valence-corrected chi connectivity index (χ3v) is 2.62. The quantitative estimate of drug-likeness (QED) is 0.771. The van der Waals surface area contributed by atoms with Gasteiger partial charge in [-0.15, -0.1) is 0 Å². The summed E-state index contributed by atoms with van der Waals surface area (Å²) in [6.45, 7) is 1.98. The summed E-state index contributed by atoms with van der Waals surface area (Å²) in [5.41, 5.74) is -1.11. The van der Waals surface area contributed by atoms with Crippen molar-refractivity contribution in [1.82, 2.24) is 10.2 Å². The van der Waals surface area contributed by atoms with Crippen molar-refractivity contribution in [2.24, 2.45) is 0 Å². The van der Waals surface area contributed by atoms with E-state index < -0.39 is 30.3 Å². The standard InChI is InChI=1S/C11H19F3N2O3/c1-10(2,18)6-15-9(17)8-5-19-4-3-16(8)7-11(12,13)14/h8,18H,3-7H2,1-2H3,(H,15,17)/t8-/m1/s1. The molecule has 1 aliphatic rings. The molecule has 0 unspecified atom stereocenters. The number of halogens is 3. The summed E-state index contributed by atoms with van der Waals surface area (Å²) in [5, 5.41) is 11.9. The van der Waals surface area contributed by atoms with Crippen molar-refractivity contribution in [3.05, 3.63) is 0 Å². The molecule has 1 amide bonds. The number of amides is 1. The molecule has 0 aliphatic carbocycles. The average molecular weight is 284 g/mol. The molecule has 0 aromatic carbocycles. The first-order valence-electron chi connectivity index (χ1n) is 5.97. The van der Waals surface area contributed by atoms with Gasteiger partial charge >= 0.3 is 6.18 Å². The van der Waals surface area contributed by atoms with Gasteiger partial charge in [0.2, 0.25) is 5.91 Å². The number of carbonyl (C=O) groups excluding carboxylic acids is 1. The molecule has 19 heavy (non-hydrogen) atoms. The Morgan fingerprint density at radius 1 is 1.47 bits per heavy atom. The van der Waals surface area contributed by atoms with E-state index >= 15 is 0 Å². The third kappa shape index (κ3) is 6.22. The zero-order chi connectivity index (χ0) is 14.7. The van der Waals surface area contributed by atoms with Gasteiger partial charge in [-0.2, -0.15) is 13.2 Å². The predicted molar refractivity (Wildman–Crippen MR) is 61.5 cm³/mol. The van der Waals surface area contributed by atoms with Crippen LogP contribution in [-0.4, -0.2) is 66.6 Å². The van der Waals surface area contributed by atoms with E-state index in [1.807, 2.05) is 0 Å². The number of rotatable bonds is 4. The molecule has 1 atom stereocenters. The lowest BCUT2D eigenvalue weighted by Gasteiger charge is -2.35. The maximum Gasteiger partial charge on any atom is 0.401 e. The molecule has 2 N–H and O–H groups in total. The minimum absolute atomic E-state index is 0.0256. The molecule has 5 nitrogen and oxygen atoms in total. The van der Waals surface area contributed by atoms with Crippen molar-refractivity contribution < 1.29 is 27.8 Å². The van der Waals surface area contributed by atoms with Gasteiger partial charge in [-0.3, -0.25) is 9.69 Å². The SMILES string of the molecule is CC(C)(O)CNC(=O)[C@H]1COCCN1CC(F)(F)F. The number of ether oxygens (including phenoxy) is 1. The summed E-state index contributed by atoms with van der Waals surface area (Å²) in [5.74, 6) is -0.564. The molecule has 1 heterocycles. The number of morpholine rings is 1. The van der Waals surface area contributed by atoms with E-state index in [0.717, 1.165) is 4.90 Å². The number of hydrogen-bond acceptors (Lipinski definition) is 4. The molecule has 112 valence electrons. The summed E-state index contributed by atoms with van der Waals surface area (Å²) in [4.78, 5) is 12.9. The molecule has 0 saturated carbocycles. The van der Waals surface area contributed by atoms with Gasteiger partial charge < -0.3 is 15.2 Å². The van der Waals surface area contributed by atoms with Gasteiger partial charge in [0.25, 0.3) is 0 Å². The van der Waals surface area contributed by atoms with Crippen LogP contribution in [-0.2, 0) is 9.53 Å². The monoisotopic (exact) mass is 284 g/mol. The van der Waals surface area contributed by atoms with Crippen molar-refractivity contribution in [1.29, 1.82) is 0 Å². The van der Waals surface area contributed by atoms with E-state index in [-0.39, 0.29) is 26.3 Å². The lowest BCUT2D eigenvalue weighted by atomic mass is 10.1. The Morgan fingerprint density at radius 2 is 2.11 bits per heavy atom. The second-order valence-electron chi connectivity index (χ2n) is 5.21. The van der Waals surface area contributed by atoms with Gasteiger partial charge in [0.1, 0.15) is 6.04 Å². The van der Waals surface area contributed by atoms with Crippen molar-refractivity contribution in [2.75, 3.05) is 32.8 Å². The van der Waals surface area contributed by atoms with Gasteiger partial charge in [-0.05, 0) is 13.8 Å². The van der Waals surface area contributed by atoms with E-state index in [4.69, 9.17) is 4.74 Å². The van der Waals surface area contributed by atoms with Crippen molar-refractivity contribution in [3.8, 4) is 0 Å². The molecule has 0 bridgehead atoms. The second kappa shape index (κ2) is 6.06. The fourth-order valence-corrected chi connectivity index (χ4v) is 1.72. The molecule has 1 rings (SSSR count). The molecular weight excluding hydrogens is 265 g/mol. The molecule has 1 saturated heterocycles. The Morgan fingerprint density at radius 3 is 2.63 bits per heavy atom. The Kier molecular flexibility index (Phi) is 5.17. The smallest absolute Gasteiger partial charge is 0.389 e. The van der Waals surface area contributed by atoms with Gasteiger partial charge in [0, 0.05) is 13.1 Å². The Bertz CT molecular complexity index is 315. The Balaban J connectivity index is 2.58. The van der Waals surface area contributed by atoms with Gasteiger partial charge in [0.15, 0.2) is 0 Å². The number of alkyl halides is 3. The summed E-state index contributed by atoms with van der Waals surface area (Å²) in [6.07, 6.45) is -4.36. The maximum atomic E-state index is 12.4. The summed E-state index contributed by atoms with van der Waals surface area (Å²) in [7, 11) is 0. The first kappa shape index (κ1) is 16.2. The molecule has 1 aliphatic heterocycles. The van der Waals surface area contributed by atoms with Crippen molar-refractivity contribution in [2.45, 2.75) is 31.7 Å². The summed E-state index contributed by atoms with van der Waals surface area (Å²) in [6, 6.07) is -0.974. The Labute approximate surface area is 109 Å². The molecule has 0 aromatic heterocycles. The van der Waals surface area contributed by atoms with Crippen LogP contribution in [0, 0.1) is 0 Å². The minimum atomic E-state index is -4.36. The van der Waals surface area contributed by atoms with E-state index in [0.29, 0.717) is 0 Å². The average Bonchev–Trinajstić information content (AvgIpc) is 2.23. The summed E-state index contributed by atoms with van der Waals surface area (Å²) >= 11 is 0. The van der Waals surface area contributed by atoms with Crippen LogP contribution in [0.2, 0.25) is 0 Å². The predicted octanol–water partition coefficient (Wildman–Crippen LogP) is 0.137. The maximum absolute atomic E-state index is 12.4. The van der Waals surface area contributed by atoms with Crippen molar-refractivity contribution in [3.63, 3.8) is 0 Å². The van der Waals surface area contributed by atoms with E-state index in [1.54, 1.807) is 0 Å². The van der Waals surface area contributed by atoms with E-state index in [1.165, 1.54) is 13.8 Å². The van der Waals surface area contributed by atoms with Crippen LogP contribution in [0.1, 0.15) is 13.8 Å². The topological polar surface area (TPSA) is 61.8 Å². The van der Waals surface area contributed by atoms with Crippen LogP contribution >= 0.6 is 0 Å². The van der Waals surface area contributed by atoms with Crippen LogP contribution in [0.4, 0.5) is 13.2 Å². The number of hydrogen-bond donors (Lipinski definition) is 2. The van der Waals surface area contributed by atoms with Crippen LogP contribution in [0.5, 0.6) is 0 Å². The fourth-order valence-electron chi connectivity index (χ4n) is 1.72. The number of aliphatic hydroxyl groups is 1. The Hall–Kier alpha value is -0.860. The first-order chi connectivity index (χ1) is 8.58. The highest BCUT2D eigenvalue weighted by Gasteiger charge is 2.38. The lowest BCUT2D eigenvalue weighted by Crippen LogP contribution is -2.57. The zero-order valence-corrected chi connectivity index (χ0v) is 11.0. The van der Waals surface area contributed by atoms with E-state index in [9.17, 15) is 23.1 Å². The van der Waals surface area contributed by atoms with Crippen molar-refractivity contribution >= 4 is 5.91 Å². The molecular formula is C11H19F3N2O3. The fraction of sp³-hybridized carbons (Fsp3) is 0.909. The highest BCUT2D eigenvalue weighted by Crippen LogP contribution is 2.19. The van der Waals surface area contributed by atoms with E-state index in [2.05, 4.69) is 5.32 Å². The first-order valence-corrected chi connectivity index (χ1v) is 5.97. The van der Waals surface area contributed by atoms with Crippen LogP contribution in [0.15, 0.2) is 0 Å². The molecule has 1 fully saturated rings. The largest absolute Gasteiger partial charge is 0.401 e. The normalized spacial score (nSPS) is 22.3. The number of nitrogens with zero attached hydrogens (tertiary/aromatic N) is 1. The number of nitrogens with one attached hydrogen (secondary N) is 1. The number of carbonyl (C=O) groups is 1. The summed E-state index contributed by atoms with van der Waals surface area (Å²) < 4.78 is 42.2. The third-order valence-electron chi connectivity index (χ3n) is 2.62. The minimum Gasteiger partial charge on any atom is -0.389 e. The second-order valence-corrected chi connectivity index (χ2v) is 5.21. The van der Waals surface area contributed by atoms with Crippen LogP contribution in [0.3, 0.4) is 0 Å². The molecule has 0 aromatic rings. The molecule has 0 radical (unpaired) electrons. The van der Waals surface area contributed by atoms with Gasteiger partial charge in [-0.25, -0.2) is 0 Å². The highest BCUT2D eigenvalue weighted by atomic mass is 19.4. The zero-order valence-electron chi connectivity index (χ0n) is 11.0. The van der Waals surface area contributed by atoms with Crippen LogP contribution in [0.25, 0.3) is 0 Å². The lowest BCUT2D eigenvalue weighted by molar-refractivity contribution is -0.167. The van der Waals surface area contributed by atoms with Gasteiger partial charge in [0.05, 0.1) is 25.4 Å². The highest BCUT2D eigenvalue weighted by molar-refractivity contribution is 5.82. The molecule has 8 heteroatoms. The van der Waals surface area contributed by atoms with Crippen LogP contribution < -0.4 is 5.32 Å². The molecule has 0 spiro atoms. The van der Waals surface area contributed by atoms with Gasteiger partial charge in [-0.1, -0.05) is 0 Å².